The fraction of sp³-hybridized carbons (Fsp3) is 0.556. The van der Waals surface area contributed by atoms with Crippen molar-refractivity contribution in [3.8, 4) is 51.6 Å². The molecule has 9 aliphatic rings. The van der Waals surface area contributed by atoms with E-state index in [2.05, 4.69) is 117 Å². The van der Waals surface area contributed by atoms with E-state index in [4.69, 9.17) is 61.7 Å². The first-order valence-corrected chi connectivity index (χ1v) is 48.6. The van der Waals surface area contributed by atoms with E-state index in [0.717, 1.165) is 304 Å². The van der Waals surface area contributed by atoms with Crippen molar-refractivity contribution in [2.45, 2.75) is 245 Å². The first-order valence-electron chi connectivity index (χ1n) is 47.8. The summed E-state index contributed by atoms with van der Waals surface area (Å²) < 4.78 is 111. The smallest absolute Gasteiger partial charge is 0.261 e. The number of nitrogens with one attached hydrogen (secondary N) is 4. The fourth-order valence-corrected chi connectivity index (χ4v) is 20.7. The van der Waals surface area contributed by atoms with Crippen LogP contribution in [0.2, 0.25) is 0 Å². The third-order valence-corrected chi connectivity index (χ3v) is 28.4. The van der Waals surface area contributed by atoms with Crippen molar-refractivity contribution in [2.75, 3.05) is 132 Å². The van der Waals surface area contributed by atoms with Gasteiger partial charge in [-0.05, 0) is 259 Å². The van der Waals surface area contributed by atoms with E-state index in [1.807, 2.05) is 46.8 Å². The zero-order valence-corrected chi connectivity index (χ0v) is 79.7. The van der Waals surface area contributed by atoms with Gasteiger partial charge in [0.15, 0.2) is 34.9 Å². The average Bonchev–Trinajstić information content (AvgIpc) is 1.75. The second-order valence-electron chi connectivity index (χ2n) is 37.6. The number of methoxy groups -OCH3 is 1. The number of nitrogens with zero attached hydrogens (tertiary/aromatic N) is 16. The van der Waals surface area contributed by atoms with E-state index < -0.39 is 5.82 Å². The van der Waals surface area contributed by atoms with E-state index in [9.17, 15) is 8.78 Å². The molecular formula is C99H123BrF4N20O9. The minimum absolute atomic E-state index is 0.217. The predicted octanol–water partition coefficient (Wildman–Crippen LogP) is 17.9. The Bertz CT molecular complexity index is 5900. The molecule has 133 heavy (non-hydrogen) atoms. The monoisotopic (exact) mass is 1890 g/mol. The first-order chi connectivity index (χ1) is 64.5. The van der Waals surface area contributed by atoms with Crippen LogP contribution in [-0.2, 0) is 18.9 Å². The van der Waals surface area contributed by atoms with E-state index in [1.165, 1.54) is 19.2 Å². The molecule has 12 aromatic rings. The summed E-state index contributed by atoms with van der Waals surface area (Å²) in [6, 6.07) is 18.0. The van der Waals surface area contributed by atoms with Crippen LogP contribution in [0.15, 0.2) is 71.1 Å². The Kier molecular flexibility index (Phi) is 29.2. The van der Waals surface area contributed by atoms with E-state index in [-0.39, 0.29) is 23.4 Å². The molecule has 0 bridgehead atoms. The van der Waals surface area contributed by atoms with Crippen LogP contribution in [0.25, 0.3) is 89.4 Å². The highest BCUT2D eigenvalue weighted by atomic mass is 79.9. The number of ether oxygens (including phenoxy) is 5. The lowest BCUT2D eigenvalue weighted by Gasteiger charge is -2.37. The Morgan fingerprint density at radius 3 is 0.887 bits per heavy atom. The van der Waals surface area contributed by atoms with Crippen LogP contribution in [-0.4, -0.2) is 221 Å². The van der Waals surface area contributed by atoms with Gasteiger partial charge >= 0.3 is 0 Å². The molecule has 708 valence electrons. The lowest BCUT2D eigenvalue weighted by Crippen LogP contribution is -2.48. The van der Waals surface area contributed by atoms with Crippen LogP contribution in [0, 0.1) is 78.7 Å². The standard InChI is InChI=1S/C26H32FN5O2.C26H34FN5O2.C24H30FN5O3.C23H27BrFN5O2/c1-15-21-13-18(17-3-4-17)14-22(27)24(21)30-25(23(15)26-28-16(2)31-34-26)32-9-5-19(6-10-32)29-20-7-11-33-12-8-20;1-15(2)18-13-21-16(3)23(26-28-17(4)31-34-26)25(30-24(21)22(27)14-18)32-9-5-19(6-10-32)29-20-7-11-33-12-8-20;1-14-19-12-18(31-3)13-20(25)22(19)28-23(21(14)24-26-15(2)29-33-24)30-8-4-16(5-9-30)27-17-6-10-32-11-7-17;1-13-18-11-15(24)12-19(25)21(18)28-22(20(13)23-26-14(2)29-32-23)30-7-3-16(4-8-30)27-17-5-9-31-10-6-17/h13-14,17,19-20,29H,3-12H2,1-2H3;13-15,19-20,29H,5-12H2,1-4H3;12-13,16-17,27H,4-11H2,1-3H3;11-12,16-17,27H,3-10H2,1-2H3. The molecule has 0 atom stereocenters. The molecule has 21 rings (SSSR count). The highest BCUT2D eigenvalue weighted by Crippen LogP contribution is 2.47. The summed E-state index contributed by atoms with van der Waals surface area (Å²) in [5.41, 5.74) is 10.3. The number of piperidine rings is 4. The number of fused-ring (bicyclic) bond motifs is 4. The van der Waals surface area contributed by atoms with Crippen LogP contribution in [0.1, 0.15) is 198 Å². The van der Waals surface area contributed by atoms with Crippen molar-refractivity contribution in [1.29, 1.82) is 0 Å². The molecule has 9 fully saturated rings. The first kappa shape index (κ1) is 93.4. The topological polar surface area (TPSA) is 314 Å². The normalized spacial score (nSPS) is 18.9. The summed E-state index contributed by atoms with van der Waals surface area (Å²) in [4.78, 5) is 46.3. The predicted molar refractivity (Wildman–Crippen MR) is 507 cm³/mol. The number of anilines is 4. The van der Waals surface area contributed by atoms with Crippen LogP contribution >= 0.6 is 15.9 Å². The van der Waals surface area contributed by atoms with Crippen molar-refractivity contribution >= 4 is 82.8 Å². The minimum atomic E-state index is -0.405. The Labute approximate surface area is 781 Å². The van der Waals surface area contributed by atoms with Gasteiger partial charge in [-0.3, -0.25) is 0 Å². The van der Waals surface area contributed by atoms with Gasteiger partial charge in [0.25, 0.3) is 23.6 Å². The van der Waals surface area contributed by atoms with Gasteiger partial charge in [0.05, 0.1) is 29.4 Å². The number of aryl methyl sites for hydroxylation is 8. The van der Waals surface area contributed by atoms with Gasteiger partial charge in [-0.1, -0.05) is 50.4 Å². The number of rotatable bonds is 19. The highest BCUT2D eigenvalue weighted by molar-refractivity contribution is 9.10. The van der Waals surface area contributed by atoms with Crippen molar-refractivity contribution in [3.63, 3.8) is 0 Å². The number of pyridine rings is 4. The molecule has 8 aromatic heterocycles. The van der Waals surface area contributed by atoms with E-state index in [1.54, 1.807) is 39.0 Å². The third kappa shape index (κ3) is 21.3. The molecule has 1 aliphatic carbocycles. The number of halogens is 5. The van der Waals surface area contributed by atoms with Crippen LogP contribution in [0.5, 0.6) is 5.75 Å². The van der Waals surface area contributed by atoms with Gasteiger partial charge in [0.2, 0.25) is 0 Å². The lowest BCUT2D eigenvalue weighted by molar-refractivity contribution is 0.0737. The fourth-order valence-electron chi connectivity index (χ4n) is 20.3. The molecular weight excluding hydrogens is 1770 g/mol. The summed E-state index contributed by atoms with van der Waals surface area (Å²) in [7, 11) is 1.53. The van der Waals surface area contributed by atoms with Crippen molar-refractivity contribution in [1.82, 2.24) is 81.8 Å². The molecule has 4 N–H and O–H groups in total. The minimum Gasteiger partial charge on any atom is -0.497 e. The lowest BCUT2D eigenvalue weighted by atomic mass is 9.95. The Hall–Kier alpha value is -10.0. The summed E-state index contributed by atoms with van der Waals surface area (Å²) in [5, 5.41) is 34.3. The van der Waals surface area contributed by atoms with Crippen LogP contribution in [0.3, 0.4) is 0 Å². The quantitative estimate of drug-likeness (QED) is 0.0547. The summed E-state index contributed by atoms with van der Waals surface area (Å²) in [6.07, 6.45) is 18.9. The molecule has 8 aliphatic heterocycles. The molecule has 16 heterocycles. The molecule has 8 saturated heterocycles. The van der Waals surface area contributed by atoms with Crippen molar-refractivity contribution in [2.24, 2.45) is 0 Å². The van der Waals surface area contributed by atoms with Crippen molar-refractivity contribution in [3.05, 3.63) is 133 Å². The zero-order valence-electron chi connectivity index (χ0n) is 78.2. The number of hydrogen-bond acceptors (Lipinski definition) is 29. The Morgan fingerprint density at radius 2 is 0.602 bits per heavy atom. The second-order valence-corrected chi connectivity index (χ2v) is 38.5. The van der Waals surface area contributed by atoms with E-state index in [0.29, 0.717) is 150 Å². The zero-order chi connectivity index (χ0) is 92.2. The second kappa shape index (κ2) is 41.7. The van der Waals surface area contributed by atoms with Gasteiger partial charge < -0.3 is 82.6 Å². The van der Waals surface area contributed by atoms with Crippen LogP contribution < -0.4 is 45.6 Å². The SMILES string of the molecule is COc1cc(F)c2nc(N3CCC(NC4CCOCC4)CC3)c(-c3nc(C)no3)c(C)c2c1.Cc1noc(-c2c(N3CCC(NC4CCOCC4)CC3)nc3c(F)cc(Br)cc3c2C)n1.Cc1noc(-c2c(N3CCC(NC4CCOCC4)CC3)nc3c(F)cc(C(C)C)cc3c2C)n1.Cc1noc(-c2c(N3CCC(NC4CCOCC4)CC3)nc3c(F)cc(C4CC4)cc3c2C)n1. The van der Waals surface area contributed by atoms with Crippen LogP contribution in [0.4, 0.5) is 40.8 Å². The van der Waals surface area contributed by atoms with Gasteiger partial charge in [-0.15, -0.1) is 0 Å². The molecule has 34 heteroatoms. The maximum Gasteiger partial charge on any atom is 0.261 e. The molecule has 4 aromatic carbocycles. The largest absolute Gasteiger partial charge is 0.497 e. The molecule has 0 amide bonds. The van der Waals surface area contributed by atoms with Gasteiger partial charge in [0, 0.05) is 186 Å². The summed E-state index contributed by atoms with van der Waals surface area (Å²) in [5.74, 6) is 6.73. The number of benzene rings is 4. The maximum atomic E-state index is 15.3. The summed E-state index contributed by atoms with van der Waals surface area (Å²) in [6.45, 7) is 32.7. The molecule has 29 nitrogen and oxygen atoms in total. The van der Waals surface area contributed by atoms with E-state index >= 15 is 8.78 Å². The number of aromatic nitrogens is 12. The Morgan fingerprint density at radius 1 is 0.331 bits per heavy atom. The van der Waals surface area contributed by atoms with Gasteiger partial charge in [-0.2, -0.15) is 19.9 Å². The third-order valence-electron chi connectivity index (χ3n) is 28.0. The van der Waals surface area contributed by atoms with Gasteiger partial charge in [-0.25, -0.2) is 37.5 Å². The number of hydrogen-bond donors (Lipinski definition) is 4. The Balaban J connectivity index is 0.000000119. The highest BCUT2D eigenvalue weighted by Gasteiger charge is 2.37. The molecule has 0 spiro atoms. The molecule has 1 saturated carbocycles. The average molecular weight is 1890 g/mol. The molecule has 0 radical (unpaired) electrons. The molecule has 0 unspecified atom stereocenters. The maximum absolute atomic E-state index is 15.3. The summed E-state index contributed by atoms with van der Waals surface area (Å²) >= 11 is 3.40. The van der Waals surface area contributed by atoms with Crippen molar-refractivity contribution < 1.29 is 59.3 Å². The van der Waals surface area contributed by atoms with Gasteiger partial charge in [0.1, 0.15) is 62.7 Å².